The first-order valence-corrected chi connectivity index (χ1v) is 8.02. The fourth-order valence-electron chi connectivity index (χ4n) is 2.85. The fraction of sp³-hybridized carbons (Fsp3) is 0.412. The van der Waals surface area contributed by atoms with Gasteiger partial charge in [0.25, 0.3) is 5.91 Å². The highest BCUT2D eigenvalue weighted by Gasteiger charge is 2.42. The summed E-state index contributed by atoms with van der Waals surface area (Å²) in [5.41, 5.74) is -0.132. The summed E-state index contributed by atoms with van der Waals surface area (Å²) < 4.78 is 45.3. The molecule has 0 aromatic carbocycles. The van der Waals surface area contributed by atoms with Crippen LogP contribution in [0.15, 0.2) is 41.1 Å². The highest BCUT2D eigenvalue weighted by atomic mass is 19.4. The quantitative estimate of drug-likeness (QED) is 0.896. The highest BCUT2D eigenvalue weighted by Crippen LogP contribution is 2.32. The van der Waals surface area contributed by atoms with E-state index in [0.29, 0.717) is 12.3 Å². The number of alkyl halides is 3. The maximum Gasteiger partial charge on any atom is 0.412 e. The molecule has 1 N–H and O–H groups in total. The third-order valence-corrected chi connectivity index (χ3v) is 4.08. The van der Waals surface area contributed by atoms with Gasteiger partial charge in [0.2, 0.25) is 0 Å². The Morgan fingerprint density at radius 3 is 2.68 bits per heavy atom. The predicted molar refractivity (Wildman–Crippen MR) is 83.7 cm³/mol. The van der Waals surface area contributed by atoms with Crippen LogP contribution in [-0.4, -0.2) is 35.1 Å². The molecule has 1 fully saturated rings. The summed E-state index contributed by atoms with van der Waals surface area (Å²) in [5.74, 6) is -0.469. The van der Waals surface area contributed by atoms with Crippen molar-refractivity contribution in [3.63, 3.8) is 0 Å². The zero-order chi connectivity index (χ0) is 17.9. The first-order chi connectivity index (χ1) is 11.9. The molecule has 1 amide bonds. The molecule has 2 aromatic heterocycles. The number of pyridine rings is 1. The van der Waals surface area contributed by atoms with Crippen molar-refractivity contribution in [3.05, 3.63) is 53.7 Å². The number of halogens is 3. The van der Waals surface area contributed by atoms with Gasteiger partial charge in [0.1, 0.15) is 5.76 Å². The van der Waals surface area contributed by atoms with Crippen LogP contribution in [0.5, 0.6) is 0 Å². The van der Waals surface area contributed by atoms with E-state index >= 15 is 0 Å². The lowest BCUT2D eigenvalue weighted by molar-refractivity contribution is -0.155. The van der Waals surface area contributed by atoms with Crippen LogP contribution in [0.25, 0.3) is 0 Å². The van der Waals surface area contributed by atoms with Gasteiger partial charge in [-0.25, -0.2) is 0 Å². The third-order valence-electron chi connectivity index (χ3n) is 4.08. The van der Waals surface area contributed by atoms with Crippen molar-refractivity contribution in [3.8, 4) is 0 Å². The second-order valence-corrected chi connectivity index (χ2v) is 5.98. The fourth-order valence-corrected chi connectivity index (χ4v) is 2.85. The first kappa shape index (κ1) is 17.5. The van der Waals surface area contributed by atoms with E-state index in [4.69, 9.17) is 4.42 Å². The monoisotopic (exact) mass is 353 g/mol. The van der Waals surface area contributed by atoms with Gasteiger partial charge in [-0.05, 0) is 44.1 Å². The van der Waals surface area contributed by atoms with Crippen molar-refractivity contribution < 1.29 is 22.4 Å². The number of carbonyl (C=O) groups excluding carboxylic acids is 1. The Balaban J connectivity index is 1.70. The summed E-state index contributed by atoms with van der Waals surface area (Å²) in [6, 6.07) is 3.55. The highest BCUT2D eigenvalue weighted by molar-refractivity contribution is 5.91. The van der Waals surface area contributed by atoms with Crippen LogP contribution in [-0.2, 0) is 6.54 Å². The van der Waals surface area contributed by atoms with E-state index in [0.717, 1.165) is 32.1 Å². The second kappa shape index (κ2) is 7.26. The summed E-state index contributed by atoms with van der Waals surface area (Å²) >= 11 is 0. The Morgan fingerprint density at radius 1 is 1.28 bits per heavy atom. The summed E-state index contributed by atoms with van der Waals surface area (Å²) in [6.07, 6.45) is 0.0534. The summed E-state index contributed by atoms with van der Waals surface area (Å²) in [5, 5.41) is 1.99. The molecule has 1 aliphatic rings. The van der Waals surface area contributed by atoms with E-state index in [2.05, 4.69) is 9.88 Å². The molecule has 25 heavy (non-hydrogen) atoms. The molecule has 8 heteroatoms. The summed E-state index contributed by atoms with van der Waals surface area (Å²) in [7, 11) is 0. The van der Waals surface area contributed by atoms with Crippen LogP contribution in [0.3, 0.4) is 0 Å². The normalized spacial score (nSPS) is 16.8. The van der Waals surface area contributed by atoms with E-state index in [1.807, 2.05) is 5.32 Å². The van der Waals surface area contributed by atoms with E-state index < -0.39 is 18.1 Å². The lowest BCUT2D eigenvalue weighted by Crippen LogP contribution is -2.38. The van der Waals surface area contributed by atoms with Crippen LogP contribution in [0.2, 0.25) is 0 Å². The number of carbonyl (C=O) groups is 1. The van der Waals surface area contributed by atoms with Gasteiger partial charge in [0.15, 0.2) is 11.8 Å². The molecule has 5 nitrogen and oxygen atoms in total. The average molecular weight is 353 g/mol. The van der Waals surface area contributed by atoms with Crippen LogP contribution < -0.4 is 5.32 Å². The number of hydrogen-bond donors (Lipinski definition) is 1. The van der Waals surface area contributed by atoms with E-state index in [-0.39, 0.29) is 11.3 Å². The number of nitrogens with zero attached hydrogens (tertiary/aromatic N) is 2. The maximum absolute atomic E-state index is 13.3. The first-order valence-electron chi connectivity index (χ1n) is 8.02. The minimum atomic E-state index is -4.64. The zero-order valence-corrected chi connectivity index (χ0v) is 13.4. The Bertz CT molecular complexity index is 709. The number of nitrogens with one attached hydrogen (secondary N) is 1. The van der Waals surface area contributed by atoms with Gasteiger partial charge >= 0.3 is 6.18 Å². The molecule has 1 saturated heterocycles. The van der Waals surface area contributed by atoms with Gasteiger partial charge in [-0.15, -0.1) is 0 Å². The van der Waals surface area contributed by atoms with E-state index in [1.54, 1.807) is 6.07 Å². The van der Waals surface area contributed by atoms with Gasteiger partial charge in [-0.3, -0.25) is 14.7 Å². The van der Waals surface area contributed by atoms with Crippen molar-refractivity contribution in [1.29, 1.82) is 0 Å². The number of furan rings is 1. The van der Waals surface area contributed by atoms with E-state index in [1.165, 1.54) is 24.4 Å². The third kappa shape index (κ3) is 4.39. The van der Waals surface area contributed by atoms with Crippen molar-refractivity contribution in [2.24, 2.45) is 0 Å². The van der Waals surface area contributed by atoms with E-state index in [9.17, 15) is 18.0 Å². The SMILES string of the molecule is O=C(NC(c1cccnc1)C(F)(F)F)c1ccc(CN2CCCC2)o1. The van der Waals surface area contributed by atoms with Gasteiger partial charge in [0, 0.05) is 18.0 Å². The number of aromatic nitrogens is 1. The van der Waals surface area contributed by atoms with Crippen LogP contribution in [0, 0.1) is 0 Å². The average Bonchev–Trinajstić information content (AvgIpc) is 3.24. The number of likely N-dealkylation sites (tertiary alicyclic amines) is 1. The van der Waals surface area contributed by atoms with Crippen molar-refractivity contribution in [1.82, 2.24) is 15.2 Å². The number of hydrogen-bond acceptors (Lipinski definition) is 4. The molecule has 0 bridgehead atoms. The summed E-state index contributed by atoms with van der Waals surface area (Å²) in [6.45, 7) is 2.47. The van der Waals surface area contributed by atoms with Gasteiger partial charge in [0.05, 0.1) is 6.54 Å². The molecule has 1 atom stereocenters. The Labute approximate surface area is 142 Å². The van der Waals surface area contributed by atoms with Gasteiger partial charge in [-0.1, -0.05) is 6.07 Å². The molecule has 1 unspecified atom stereocenters. The van der Waals surface area contributed by atoms with Crippen molar-refractivity contribution in [2.45, 2.75) is 31.6 Å². The Kier molecular flexibility index (Phi) is 5.08. The maximum atomic E-state index is 13.3. The molecule has 0 saturated carbocycles. The molecule has 1 aliphatic heterocycles. The Hall–Kier alpha value is -2.35. The number of rotatable bonds is 5. The predicted octanol–water partition coefficient (Wildman–Crippen LogP) is 3.30. The number of amides is 1. The second-order valence-electron chi connectivity index (χ2n) is 5.98. The summed E-state index contributed by atoms with van der Waals surface area (Å²) in [4.78, 5) is 18.0. The standard InChI is InChI=1S/C17H18F3N3O2/c18-17(19,20)15(12-4-3-7-21-10-12)22-16(24)14-6-5-13(25-14)11-23-8-1-2-9-23/h3-7,10,15H,1-2,8-9,11H2,(H,22,24). The largest absolute Gasteiger partial charge is 0.455 e. The molecule has 2 aromatic rings. The molecule has 0 aliphatic carbocycles. The van der Waals surface area contributed by atoms with Crippen LogP contribution >= 0.6 is 0 Å². The minimum Gasteiger partial charge on any atom is -0.455 e. The van der Waals surface area contributed by atoms with Crippen molar-refractivity contribution >= 4 is 5.91 Å². The molecule has 134 valence electrons. The van der Waals surface area contributed by atoms with Crippen molar-refractivity contribution in [2.75, 3.05) is 13.1 Å². The lowest BCUT2D eigenvalue weighted by atomic mass is 10.1. The zero-order valence-electron chi connectivity index (χ0n) is 13.4. The minimum absolute atomic E-state index is 0.132. The molecular weight excluding hydrogens is 335 g/mol. The van der Waals surface area contributed by atoms with Gasteiger partial charge < -0.3 is 9.73 Å². The van der Waals surface area contributed by atoms with Crippen LogP contribution in [0.4, 0.5) is 13.2 Å². The molecule has 0 spiro atoms. The van der Waals surface area contributed by atoms with Crippen LogP contribution in [0.1, 0.15) is 40.8 Å². The Morgan fingerprint density at radius 2 is 2.04 bits per heavy atom. The molecular formula is C17H18F3N3O2. The molecule has 3 rings (SSSR count). The van der Waals surface area contributed by atoms with Gasteiger partial charge in [-0.2, -0.15) is 13.2 Å². The topological polar surface area (TPSA) is 58.4 Å². The lowest BCUT2D eigenvalue weighted by Gasteiger charge is -2.21. The smallest absolute Gasteiger partial charge is 0.412 e. The molecule has 0 radical (unpaired) electrons. The molecule has 3 heterocycles.